The molecule has 0 aromatic heterocycles. The van der Waals surface area contributed by atoms with Gasteiger partial charge in [-0.25, -0.2) is 0 Å². The molecule has 120 heavy (non-hydrogen) atoms. The Bertz CT molecular complexity index is 8650. The summed E-state index contributed by atoms with van der Waals surface area (Å²) in [6.07, 6.45) is -30.3. The number of nitrogens with zero attached hydrogens (tertiary/aromatic N) is 5. The van der Waals surface area contributed by atoms with Gasteiger partial charge in [0.1, 0.15) is 28.0 Å². The topological polar surface area (TPSA) is 62.4 Å². The predicted molar refractivity (Wildman–Crippen MR) is 503 cm³/mol. The van der Waals surface area contributed by atoms with Gasteiger partial charge in [0.05, 0.1) is 72.7 Å². The molecule has 10 nitrogen and oxygen atoms in total. The Morgan fingerprint density at radius 2 is 0.558 bits per heavy atom. The molecule has 0 unspecified atom stereocenters. The lowest BCUT2D eigenvalue weighted by molar-refractivity contribution is -0.0119. The van der Waals surface area contributed by atoms with Crippen molar-refractivity contribution in [2.45, 2.75) is 189 Å². The molecule has 640 valence electrons. The first-order chi connectivity index (χ1) is 89.7. The third-order valence-electron chi connectivity index (χ3n) is 18.4. The summed E-state index contributed by atoms with van der Waals surface area (Å²) < 4.78 is 695. The van der Waals surface area contributed by atoms with Crippen molar-refractivity contribution in [2.75, 3.05) is 101 Å². The fourth-order valence-corrected chi connectivity index (χ4v) is 11.7. The van der Waals surface area contributed by atoms with Crippen LogP contribution in [0.1, 0.15) is 296 Å². The standard InChI is InChI=1S/5C21H26ClNO/c5*1-21(17-7-4-3-5-8-17,18-10-12-19(22)13-11-18)24-16-14-20-9-6-15-23(20)2/h5*3-5,7-8,10-13,20H,6,9,14-16H2,1-2H3/t5*20-,21-/m11111/s1/i3D,4D,5D,6D2,7D,8D,9D2,10D,11D,12D,13D,14D2,15D2,16D2,20D;3D,4D,5D,6D2,7D,8D,9D2,10D,11D,12D,13D,15D2,16D2,20D;3D,4D,5D,6D2,7D,8D,9D2,10D,11D,12D,13D,14D2,15D2,20D;3D,4D,5D,7D,8D,10D,11D,12D,13D,14D2,16D2;3D,4D,5D,7D,8D,10D,11D,12D,13D,16D2. The molecule has 0 N–H and O–H groups in total. The van der Waals surface area contributed by atoms with E-state index < -0.39 is 521 Å². The van der Waals surface area contributed by atoms with Crippen LogP contribution in [-0.4, -0.2) is 155 Å². The Labute approximate surface area is 857 Å². The molecule has 0 saturated carbocycles. The van der Waals surface area contributed by atoms with Crippen molar-refractivity contribution in [3.63, 3.8) is 0 Å². The van der Waals surface area contributed by atoms with Gasteiger partial charge in [0.15, 0.2) is 0 Å². The zero-order valence-electron chi connectivity index (χ0n) is 146. The largest absolute Gasteiger partial charge is 0.366 e. The van der Waals surface area contributed by atoms with Gasteiger partial charge in [-0.15, -0.1) is 0 Å². The van der Waals surface area contributed by atoms with E-state index in [4.69, 9.17) is 191 Å². The van der Waals surface area contributed by atoms with Gasteiger partial charge in [-0.05, 0) is 314 Å². The van der Waals surface area contributed by atoms with E-state index in [1.165, 1.54) is 6.92 Å². The fraction of sp³-hybridized carbons (Fsp3) is 0.429. The molecular formula is C105H130Cl5N5O5. The van der Waals surface area contributed by atoms with Crippen LogP contribution in [0.4, 0.5) is 0 Å². The number of hydrogen-bond donors (Lipinski definition) is 0. The van der Waals surface area contributed by atoms with Crippen LogP contribution in [0.5, 0.6) is 0 Å². The molecule has 5 aliphatic heterocycles. The van der Waals surface area contributed by atoms with E-state index >= 15 is 0 Å². The third-order valence-corrected chi connectivity index (χ3v) is 19.3. The highest BCUT2D eigenvalue weighted by atomic mass is 35.5. The normalized spacial score (nSPS) is 36.9. The average molecular weight is 1800 g/mol. The Morgan fingerprint density at radius 1 is 0.308 bits per heavy atom. The molecule has 10 aromatic rings. The first-order valence-electron chi connectivity index (χ1n) is 76.0. The highest BCUT2D eigenvalue weighted by molar-refractivity contribution is 6.31. The second-order valence-electron chi connectivity index (χ2n) is 26.4. The first kappa shape index (κ1) is 34.5. The van der Waals surface area contributed by atoms with Crippen molar-refractivity contribution in [2.24, 2.45) is 0 Å². The summed E-state index contributed by atoms with van der Waals surface area (Å²) in [4.78, 5) is 4.22. The molecule has 0 spiro atoms. The van der Waals surface area contributed by atoms with Crippen molar-refractivity contribution in [1.29, 1.82) is 0 Å². The number of halogens is 5. The summed E-state index contributed by atoms with van der Waals surface area (Å²) in [6.45, 7) is -18.0. The summed E-state index contributed by atoms with van der Waals surface area (Å²) in [5.41, 5.74) is -20.6. The maximum Gasteiger partial charge on any atom is 0.115 e. The van der Waals surface area contributed by atoms with E-state index in [0.29, 0.717) is 37.8 Å². The Kier molecular flexibility index (Phi) is 13.3. The molecule has 15 heteroatoms. The van der Waals surface area contributed by atoms with Crippen LogP contribution >= 0.6 is 58.0 Å². The summed E-state index contributed by atoms with van der Waals surface area (Å²) in [5, 5.41) is -2.94. The molecule has 0 radical (unpaired) electrons. The van der Waals surface area contributed by atoms with Gasteiger partial charge < -0.3 is 48.2 Å². The minimum atomic E-state index is -4.10. The van der Waals surface area contributed by atoms with E-state index in [2.05, 4.69) is 0 Å². The zero-order chi connectivity index (χ0) is 156. The van der Waals surface area contributed by atoms with Crippen molar-refractivity contribution in [1.82, 2.24) is 24.5 Å². The molecular weight excluding hydrogens is 1590 g/mol. The lowest BCUT2D eigenvalue weighted by Gasteiger charge is -2.32. The van der Waals surface area contributed by atoms with Crippen LogP contribution in [0.25, 0.3) is 0 Å². The molecule has 0 aliphatic carbocycles. The molecule has 5 fully saturated rings. The minimum absolute atomic E-state index is 0.0149. The van der Waals surface area contributed by atoms with E-state index in [0.717, 1.165) is 54.8 Å². The van der Waals surface area contributed by atoms with Crippen molar-refractivity contribution in [3.8, 4) is 0 Å². The number of likely N-dealkylation sites (tertiary alicyclic amines) is 5. The number of hydrogen-bond acceptors (Lipinski definition) is 10. The summed E-state index contributed by atoms with van der Waals surface area (Å²) >= 11 is 29.7. The van der Waals surface area contributed by atoms with E-state index in [-0.39, 0.29) is 22.3 Å². The molecule has 10 aromatic carbocycles. The second-order valence-corrected chi connectivity index (χ2v) is 28.3. The van der Waals surface area contributed by atoms with E-state index in [1.807, 2.05) is 11.9 Å². The molecule has 0 amide bonds. The number of ether oxygens (including phenoxy) is 5. The predicted octanol–water partition coefficient (Wildman–Crippen LogP) is 25.5. The lowest BCUT2D eigenvalue weighted by Crippen LogP contribution is -2.31. The van der Waals surface area contributed by atoms with Crippen LogP contribution in [0.15, 0.2) is 272 Å². The highest BCUT2D eigenvalue weighted by Crippen LogP contribution is 2.41. The number of rotatable bonds is 30. The summed E-state index contributed by atoms with van der Waals surface area (Å²) in [7, 11) is 5.82. The monoisotopic (exact) mass is 1800 g/mol. The average Bonchev–Trinajstić information content (AvgIpc) is 1.49. The smallest absolute Gasteiger partial charge is 0.115 e. The molecule has 5 aliphatic rings. The van der Waals surface area contributed by atoms with Gasteiger partial charge in [-0.2, -0.15) is 0 Å². The van der Waals surface area contributed by atoms with E-state index in [1.54, 1.807) is 11.9 Å². The molecule has 0 bridgehead atoms. The Balaban J connectivity index is 0.000000230. The van der Waals surface area contributed by atoms with Crippen molar-refractivity contribution in [3.05, 3.63) is 353 Å². The van der Waals surface area contributed by atoms with Crippen molar-refractivity contribution >= 4 is 58.0 Å². The molecule has 10 atom stereocenters. The van der Waals surface area contributed by atoms with Gasteiger partial charge in [0.25, 0.3) is 0 Å². The highest BCUT2D eigenvalue weighted by Gasteiger charge is 2.37. The van der Waals surface area contributed by atoms with Gasteiger partial charge in [-0.3, -0.25) is 0 Å². The second kappa shape index (κ2) is 46.3. The summed E-state index contributed by atoms with van der Waals surface area (Å²) in [5.74, 6) is 0. The van der Waals surface area contributed by atoms with Gasteiger partial charge >= 0.3 is 0 Å². The van der Waals surface area contributed by atoms with Crippen LogP contribution in [0, 0.1) is 0 Å². The van der Waals surface area contributed by atoms with Crippen molar-refractivity contribution < 1.29 is 133 Å². The van der Waals surface area contributed by atoms with Gasteiger partial charge in [-0.1, -0.05) is 269 Å². The Hall–Kier alpha value is -6.75. The SMILES string of the molecule is [2H]c1c([2H])c([2H])c([C@@](C)(OC([2H])([2H])C([2H])([2H])[C@H]2CCCN2C)c2c([2H])c([2H])c(Cl)c([2H])c2[2H])c([2H])c1[2H].[2H]c1c([2H])c([2H])c([C@@](C)(OC([2H])([2H])C([2H])([2H])[C@]2([2H])N(C)C([2H])([2H])C([2H])([2H])C2([2H])[2H])c2c([2H])c([2H])c(Cl)c([2H])c2[2H])c([2H])c1[2H].[2H]c1c([2H])c([2H])c([C@@](C)(OC([2H])([2H])C[C@H]2CCCN2C)c2c([2H])c([2H])c(Cl)c([2H])c2[2H])c([2H])c1[2H].[2H]c1c([2H])c([2H])c([C@@](C)(OC([2H])([2H])C[C@]2([2H])N(C)C([2H])([2H])C([2H])([2H])C2([2H])[2H])c2c([2H])c([2H])c(Cl)c([2H])c2[2H])c([2H])c1[2H].[2H]c1c([2H])c([2H])c([C@@](C)(OCC([2H])([2H])[C@]2([2H])N(C)C([2H])([2H])C([2H])([2H])C2([2H])[2H])c2c([2H])c([2H])c(Cl)c([2H])c2[2H])c([2H])c1[2H]. The van der Waals surface area contributed by atoms with E-state index in [9.17, 15) is 0 Å². The number of benzene rings is 10. The molecule has 5 heterocycles. The van der Waals surface area contributed by atoms with Crippen LogP contribution < -0.4 is 0 Å². The third kappa shape index (κ3) is 26.0. The van der Waals surface area contributed by atoms with Crippen LogP contribution in [0.2, 0.25) is 25.1 Å². The molecule has 5 saturated heterocycles. The fourth-order valence-electron chi connectivity index (χ4n) is 11.2. The Morgan fingerprint density at radius 3 is 0.842 bits per heavy atom. The quantitative estimate of drug-likeness (QED) is 0.0435. The maximum atomic E-state index is 8.80. The van der Waals surface area contributed by atoms with Gasteiger partial charge in [0.2, 0.25) is 0 Å². The lowest BCUT2D eigenvalue weighted by atomic mass is 9.88. The summed E-state index contributed by atoms with van der Waals surface area (Å²) in [6, 6.07) is -48.9. The first-order valence-corrected chi connectivity index (χ1v) is 37.9. The zero-order valence-corrected chi connectivity index (χ0v) is 69.5. The maximum absolute atomic E-state index is 8.80. The van der Waals surface area contributed by atoms with Crippen LogP contribution in [-0.2, 0) is 51.7 Å². The molecule has 15 rings (SSSR count). The van der Waals surface area contributed by atoms with Gasteiger partial charge in [0, 0.05) is 125 Å². The van der Waals surface area contributed by atoms with Crippen LogP contribution in [0.3, 0.4) is 0 Å². The minimum Gasteiger partial charge on any atom is -0.366 e.